The summed E-state index contributed by atoms with van der Waals surface area (Å²) >= 11 is 2.50. The molecule has 7 atom stereocenters. The highest BCUT2D eigenvalue weighted by atomic mass is 127. The summed E-state index contributed by atoms with van der Waals surface area (Å²) in [5, 5.41) is 2.73. The molecule has 0 bridgehead atoms. The van der Waals surface area contributed by atoms with Gasteiger partial charge in [-0.05, 0) is 97.8 Å². The fraction of sp³-hybridized carbons (Fsp3) is 0.659. The first-order chi connectivity index (χ1) is 21.6. The van der Waals surface area contributed by atoms with Crippen LogP contribution in [0.25, 0.3) is 0 Å². The number of rotatable bonds is 11. The summed E-state index contributed by atoms with van der Waals surface area (Å²) in [5.74, 6) is 3.46. The van der Waals surface area contributed by atoms with Gasteiger partial charge in [-0.2, -0.15) is 0 Å². The standard InChI is InChI=1S/C41H65IO2Si2/c1-28(2)45(29(3)4,30(5)6)44-38-24-23-31(7)40-36(38)25-32(8)39(33(9)26-42)37(40)27-43-46(41(10,11)12,34-19-15-13-16-20-34)35-21-17-14-18-22-35/h13-22,26,28-32,36-40H,23-25,27H2,1-12H3/b33-26+/t31-,32-,36-,37+,38-,39-,40+/m0/s1. The van der Waals surface area contributed by atoms with Crippen LogP contribution in [0, 0.1) is 35.5 Å². The van der Waals surface area contributed by atoms with Crippen LogP contribution >= 0.6 is 22.6 Å². The van der Waals surface area contributed by atoms with Crippen molar-refractivity contribution in [3.8, 4) is 0 Å². The van der Waals surface area contributed by atoms with Crippen molar-refractivity contribution in [2.75, 3.05) is 6.61 Å². The molecule has 5 heteroatoms. The molecule has 0 N–H and O–H groups in total. The van der Waals surface area contributed by atoms with Gasteiger partial charge in [0.05, 0.1) is 0 Å². The summed E-state index contributed by atoms with van der Waals surface area (Å²) in [6, 6.07) is 22.5. The number of hydrogen-bond acceptors (Lipinski definition) is 2. The minimum absolute atomic E-state index is 0.0279. The van der Waals surface area contributed by atoms with Crippen molar-refractivity contribution >= 4 is 49.6 Å². The number of halogens is 1. The minimum atomic E-state index is -2.65. The van der Waals surface area contributed by atoms with E-state index in [0.717, 1.165) is 6.61 Å². The largest absolute Gasteiger partial charge is 0.413 e. The molecule has 2 aliphatic carbocycles. The average Bonchev–Trinajstić information content (AvgIpc) is 3.00. The lowest BCUT2D eigenvalue weighted by Gasteiger charge is -2.57. The number of fused-ring (bicyclic) bond motifs is 1. The van der Waals surface area contributed by atoms with E-state index in [1.165, 1.54) is 35.2 Å². The van der Waals surface area contributed by atoms with Crippen molar-refractivity contribution in [3.05, 3.63) is 70.3 Å². The Kier molecular flexibility index (Phi) is 12.8. The monoisotopic (exact) mass is 772 g/mol. The van der Waals surface area contributed by atoms with Crippen molar-refractivity contribution in [2.24, 2.45) is 35.5 Å². The van der Waals surface area contributed by atoms with E-state index >= 15 is 0 Å². The normalized spacial score (nSPS) is 28.2. The minimum Gasteiger partial charge on any atom is -0.413 e. The quantitative estimate of drug-likeness (QED) is 0.167. The number of allylic oxidation sites excluding steroid dienone is 1. The predicted molar refractivity (Wildman–Crippen MR) is 213 cm³/mol. The molecule has 0 amide bonds. The van der Waals surface area contributed by atoms with E-state index < -0.39 is 16.6 Å². The Balaban J connectivity index is 1.82. The fourth-order valence-electron chi connectivity index (χ4n) is 10.7. The van der Waals surface area contributed by atoms with E-state index in [0.29, 0.717) is 58.2 Å². The van der Waals surface area contributed by atoms with E-state index in [4.69, 9.17) is 8.85 Å². The van der Waals surface area contributed by atoms with Crippen LogP contribution in [0.2, 0.25) is 21.7 Å². The van der Waals surface area contributed by atoms with E-state index in [9.17, 15) is 0 Å². The van der Waals surface area contributed by atoms with Crippen LogP contribution in [-0.4, -0.2) is 29.3 Å². The van der Waals surface area contributed by atoms with Gasteiger partial charge in [-0.1, -0.05) is 165 Å². The van der Waals surface area contributed by atoms with Crippen molar-refractivity contribution in [1.29, 1.82) is 0 Å². The van der Waals surface area contributed by atoms with Crippen molar-refractivity contribution in [3.63, 3.8) is 0 Å². The lowest BCUT2D eigenvalue weighted by Crippen LogP contribution is -2.67. The Labute approximate surface area is 299 Å². The number of hydrogen-bond donors (Lipinski definition) is 0. The fourth-order valence-corrected chi connectivity index (χ4v) is 21.3. The highest BCUT2D eigenvalue weighted by molar-refractivity contribution is 14.1. The molecule has 2 aliphatic rings. The Morgan fingerprint density at radius 3 is 1.76 bits per heavy atom. The van der Waals surface area contributed by atoms with Crippen molar-refractivity contribution in [1.82, 2.24) is 0 Å². The Morgan fingerprint density at radius 1 is 0.826 bits per heavy atom. The van der Waals surface area contributed by atoms with Crippen LogP contribution in [-0.2, 0) is 8.85 Å². The van der Waals surface area contributed by atoms with Crippen LogP contribution in [0.15, 0.2) is 70.3 Å². The molecule has 2 aromatic carbocycles. The molecule has 46 heavy (non-hydrogen) atoms. The summed E-state index contributed by atoms with van der Waals surface area (Å²) in [7, 11) is -4.66. The first-order valence-corrected chi connectivity index (χ1v) is 23.6. The van der Waals surface area contributed by atoms with Crippen LogP contribution in [0.1, 0.15) is 102 Å². The second-order valence-electron chi connectivity index (χ2n) is 17.0. The van der Waals surface area contributed by atoms with Gasteiger partial charge in [-0.25, -0.2) is 0 Å². The van der Waals surface area contributed by atoms with Crippen LogP contribution in [0.5, 0.6) is 0 Å². The van der Waals surface area contributed by atoms with E-state index in [2.05, 4.69) is 170 Å². The second kappa shape index (κ2) is 15.4. The van der Waals surface area contributed by atoms with Crippen molar-refractivity contribution < 1.29 is 8.85 Å². The summed E-state index contributed by atoms with van der Waals surface area (Å²) in [6.45, 7) is 30.2. The van der Waals surface area contributed by atoms with Gasteiger partial charge >= 0.3 is 0 Å². The SMILES string of the molecule is C/C(=C\I)[C@H]1[C@@H](CO[Si](c2ccccc2)(c2ccccc2)C(C)(C)C)[C@H]2[C@@H](C[C@@H]1C)[C@@H](O[Si](C(C)C)(C(C)C)C(C)C)CC[C@@H]2C. The van der Waals surface area contributed by atoms with Crippen molar-refractivity contribution in [2.45, 2.75) is 130 Å². The maximum Gasteiger partial charge on any atom is 0.261 e. The maximum absolute atomic E-state index is 7.80. The average molecular weight is 773 g/mol. The second-order valence-corrected chi connectivity index (χ2v) is 27.3. The molecule has 2 fully saturated rings. The molecule has 2 nitrogen and oxygen atoms in total. The molecule has 2 aromatic rings. The molecular weight excluding hydrogens is 708 g/mol. The summed E-state index contributed by atoms with van der Waals surface area (Å²) in [5.41, 5.74) is 3.36. The van der Waals surface area contributed by atoms with Gasteiger partial charge in [0, 0.05) is 12.7 Å². The third-order valence-corrected chi connectivity index (χ3v) is 24.5. The summed E-state index contributed by atoms with van der Waals surface area (Å²) < 4.78 is 17.9. The third-order valence-electron chi connectivity index (χ3n) is 12.4. The molecule has 4 rings (SSSR count). The highest BCUT2D eigenvalue weighted by Gasteiger charge is 2.56. The smallest absolute Gasteiger partial charge is 0.261 e. The molecular formula is C41H65IO2Si2. The first kappa shape index (κ1) is 38.1. The van der Waals surface area contributed by atoms with Gasteiger partial charge in [0.25, 0.3) is 8.32 Å². The molecule has 256 valence electrons. The first-order valence-electron chi connectivity index (χ1n) is 18.3. The van der Waals surface area contributed by atoms with Gasteiger partial charge in [0.2, 0.25) is 8.32 Å². The Hall–Kier alpha value is -0.736. The van der Waals surface area contributed by atoms with Crippen LogP contribution in [0.3, 0.4) is 0 Å². The maximum atomic E-state index is 7.80. The molecule has 0 spiro atoms. The van der Waals surface area contributed by atoms with Crippen LogP contribution in [0.4, 0.5) is 0 Å². The summed E-state index contributed by atoms with van der Waals surface area (Å²) in [4.78, 5) is 0. The van der Waals surface area contributed by atoms with Gasteiger partial charge in [0.15, 0.2) is 0 Å². The molecule has 0 unspecified atom stereocenters. The Bertz CT molecular complexity index is 1210. The molecule has 0 heterocycles. The topological polar surface area (TPSA) is 18.5 Å². The van der Waals surface area contributed by atoms with Gasteiger partial charge in [0.1, 0.15) is 0 Å². The predicted octanol–water partition coefficient (Wildman–Crippen LogP) is 11.4. The third kappa shape index (κ3) is 7.11. The molecule has 0 radical (unpaired) electrons. The molecule has 0 aromatic heterocycles. The zero-order chi connectivity index (χ0) is 34.0. The number of benzene rings is 2. The molecule has 0 aliphatic heterocycles. The molecule has 2 saturated carbocycles. The van der Waals surface area contributed by atoms with Gasteiger partial charge in [-0.3, -0.25) is 0 Å². The molecule has 0 saturated heterocycles. The Morgan fingerprint density at radius 2 is 1.33 bits per heavy atom. The lowest BCUT2D eigenvalue weighted by molar-refractivity contribution is -0.0807. The van der Waals surface area contributed by atoms with E-state index in [1.807, 2.05) is 0 Å². The van der Waals surface area contributed by atoms with Gasteiger partial charge in [-0.15, -0.1) is 0 Å². The van der Waals surface area contributed by atoms with Gasteiger partial charge < -0.3 is 8.85 Å². The lowest BCUT2D eigenvalue weighted by atomic mass is 9.54. The zero-order valence-corrected chi connectivity index (χ0v) is 35.3. The summed E-state index contributed by atoms with van der Waals surface area (Å²) in [6.07, 6.45) is 4.10. The highest BCUT2D eigenvalue weighted by Crippen LogP contribution is 2.56. The van der Waals surface area contributed by atoms with Crippen LogP contribution < -0.4 is 10.4 Å². The van der Waals surface area contributed by atoms with E-state index in [-0.39, 0.29) is 5.04 Å². The zero-order valence-electron chi connectivity index (χ0n) is 31.1. The van der Waals surface area contributed by atoms with E-state index in [1.54, 1.807) is 0 Å².